The van der Waals surface area contributed by atoms with Crippen LogP contribution in [0.25, 0.3) is 0 Å². The lowest BCUT2D eigenvalue weighted by Crippen LogP contribution is -2.42. The van der Waals surface area contributed by atoms with Gasteiger partial charge in [-0.1, -0.05) is 13.8 Å². The first-order chi connectivity index (χ1) is 8.13. The Kier molecular flexibility index (Phi) is 6.47. The van der Waals surface area contributed by atoms with Crippen LogP contribution in [0.5, 0.6) is 0 Å². The first-order valence-electron chi connectivity index (χ1n) is 6.16. The van der Waals surface area contributed by atoms with Crippen LogP contribution in [0.3, 0.4) is 0 Å². The predicted molar refractivity (Wildman–Crippen MR) is 63.9 cm³/mol. The SMILES string of the molecule is COC(=O)C(CCOC1CCOC1)NC(C)C. The molecule has 17 heavy (non-hydrogen) atoms. The standard InChI is InChI=1S/C12H23NO4/c1-9(2)13-11(12(14)15-3)5-7-17-10-4-6-16-8-10/h9-11,13H,4-8H2,1-3H3. The Labute approximate surface area is 103 Å². The number of carbonyl (C=O) groups is 1. The molecule has 1 aliphatic rings. The number of nitrogens with one attached hydrogen (secondary N) is 1. The van der Waals surface area contributed by atoms with Gasteiger partial charge in [0.2, 0.25) is 0 Å². The van der Waals surface area contributed by atoms with Gasteiger partial charge in [0.1, 0.15) is 6.04 Å². The van der Waals surface area contributed by atoms with E-state index in [1.807, 2.05) is 13.8 Å². The number of rotatable bonds is 7. The van der Waals surface area contributed by atoms with Crippen molar-refractivity contribution in [1.82, 2.24) is 5.32 Å². The first kappa shape index (κ1) is 14.4. The summed E-state index contributed by atoms with van der Waals surface area (Å²) < 4.78 is 15.6. The van der Waals surface area contributed by atoms with E-state index < -0.39 is 0 Å². The van der Waals surface area contributed by atoms with E-state index in [9.17, 15) is 4.79 Å². The third-order valence-electron chi connectivity index (χ3n) is 2.67. The molecule has 0 radical (unpaired) electrons. The largest absolute Gasteiger partial charge is 0.468 e. The number of methoxy groups -OCH3 is 1. The molecule has 1 N–H and O–H groups in total. The van der Waals surface area contributed by atoms with Gasteiger partial charge in [-0.2, -0.15) is 0 Å². The Hall–Kier alpha value is -0.650. The molecule has 0 aromatic heterocycles. The summed E-state index contributed by atoms with van der Waals surface area (Å²) in [6, 6.07) is -0.0452. The molecule has 100 valence electrons. The van der Waals surface area contributed by atoms with Gasteiger partial charge in [0, 0.05) is 19.3 Å². The summed E-state index contributed by atoms with van der Waals surface area (Å²) in [4.78, 5) is 11.5. The van der Waals surface area contributed by atoms with E-state index in [4.69, 9.17) is 14.2 Å². The summed E-state index contributed by atoms with van der Waals surface area (Å²) in [5.41, 5.74) is 0. The summed E-state index contributed by atoms with van der Waals surface area (Å²) in [5, 5.41) is 3.17. The molecule has 1 saturated heterocycles. The van der Waals surface area contributed by atoms with E-state index in [0.717, 1.165) is 13.0 Å². The fourth-order valence-corrected chi connectivity index (χ4v) is 1.81. The Morgan fingerprint density at radius 1 is 1.53 bits per heavy atom. The second kappa shape index (κ2) is 7.63. The molecule has 1 rings (SSSR count). The lowest BCUT2D eigenvalue weighted by atomic mass is 10.2. The zero-order valence-corrected chi connectivity index (χ0v) is 10.9. The molecule has 0 saturated carbocycles. The van der Waals surface area contributed by atoms with E-state index in [1.54, 1.807) is 0 Å². The van der Waals surface area contributed by atoms with Crippen LogP contribution in [-0.4, -0.2) is 51.1 Å². The highest BCUT2D eigenvalue weighted by Crippen LogP contribution is 2.09. The number of esters is 1. The zero-order chi connectivity index (χ0) is 12.7. The van der Waals surface area contributed by atoms with Gasteiger partial charge in [-0.25, -0.2) is 0 Å². The van der Waals surface area contributed by atoms with Crippen molar-refractivity contribution in [3.8, 4) is 0 Å². The van der Waals surface area contributed by atoms with Crippen molar-refractivity contribution in [3.05, 3.63) is 0 Å². The van der Waals surface area contributed by atoms with Crippen LogP contribution in [0.4, 0.5) is 0 Å². The molecule has 0 aromatic rings. The highest BCUT2D eigenvalue weighted by atomic mass is 16.5. The number of hydrogen-bond donors (Lipinski definition) is 1. The second-order valence-electron chi connectivity index (χ2n) is 4.54. The van der Waals surface area contributed by atoms with Gasteiger partial charge >= 0.3 is 5.97 Å². The number of ether oxygens (including phenoxy) is 3. The Morgan fingerprint density at radius 2 is 2.29 bits per heavy atom. The molecule has 2 unspecified atom stereocenters. The van der Waals surface area contributed by atoms with Gasteiger partial charge in [-0.05, 0) is 12.8 Å². The smallest absolute Gasteiger partial charge is 0.322 e. The first-order valence-corrected chi connectivity index (χ1v) is 6.16. The van der Waals surface area contributed by atoms with Crippen molar-refractivity contribution in [1.29, 1.82) is 0 Å². The van der Waals surface area contributed by atoms with Crippen molar-refractivity contribution < 1.29 is 19.0 Å². The minimum atomic E-state index is -0.290. The van der Waals surface area contributed by atoms with Crippen molar-refractivity contribution in [2.75, 3.05) is 26.9 Å². The molecule has 1 heterocycles. The molecule has 5 heteroatoms. The Bertz CT molecular complexity index is 227. The van der Waals surface area contributed by atoms with Crippen LogP contribution >= 0.6 is 0 Å². The Balaban J connectivity index is 2.24. The summed E-state index contributed by atoms with van der Waals surface area (Å²) >= 11 is 0. The Morgan fingerprint density at radius 3 is 2.82 bits per heavy atom. The molecule has 0 bridgehead atoms. The van der Waals surface area contributed by atoms with E-state index in [-0.39, 0.29) is 24.2 Å². The molecular weight excluding hydrogens is 222 g/mol. The number of hydrogen-bond acceptors (Lipinski definition) is 5. The van der Waals surface area contributed by atoms with Crippen molar-refractivity contribution in [2.45, 2.75) is 44.9 Å². The van der Waals surface area contributed by atoms with Crippen LogP contribution in [0.2, 0.25) is 0 Å². The molecule has 0 amide bonds. The quantitative estimate of drug-likeness (QED) is 0.670. The maximum atomic E-state index is 11.5. The molecule has 1 fully saturated rings. The van der Waals surface area contributed by atoms with Crippen LogP contribution in [0.1, 0.15) is 26.7 Å². The molecule has 0 aliphatic carbocycles. The fraction of sp³-hybridized carbons (Fsp3) is 0.917. The zero-order valence-electron chi connectivity index (χ0n) is 10.9. The van der Waals surface area contributed by atoms with Gasteiger partial charge in [0.05, 0.1) is 19.8 Å². The lowest BCUT2D eigenvalue weighted by Gasteiger charge is -2.19. The minimum absolute atomic E-state index is 0.187. The average Bonchev–Trinajstić information content (AvgIpc) is 2.79. The topological polar surface area (TPSA) is 56.8 Å². The molecule has 0 aromatic carbocycles. The van der Waals surface area contributed by atoms with Crippen molar-refractivity contribution in [3.63, 3.8) is 0 Å². The number of carbonyl (C=O) groups excluding carboxylic acids is 1. The highest BCUT2D eigenvalue weighted by molar-refractivity contribution is 5.75. The van der Waals surface area contributed by atoms with E-state index in [0.29, 0.717) is 19.6 Å². The normalized spacial score (nSPS) is 21.8. The van der Waals surface area contributed by atoms with E-state index in [2.05, 4.69) is 5.32 Å². The van der Waals surface area contributed by atoms with Crippen molar-refractivity contribution >= 4 is 5.97 Å². The van der Waals surface area contributed by atoms with Gasteiger partial charge in [0.25, 0.3) is 0 Å². The van der Waals surface area contributed by atoms with Gasteiger partial charge < -0.3 is 19.5 Å². The van der Waals surface area contributed by atoms with Crippen molar-refractivity contribution in [2.24, 2.45) is 0 Å². The van der Waals surface area contributed by atoms with Crippen LogP contribution in [0.15, 0.2) is 0 Å². The average molecular weight is 245 g/mol. The fourth-order valence-electron chi connectivity index (χ4n) is 1.81. The minimum Gasteiger partial charge on any atom is -0.468 e. The maximum absolute atomic E-state index is 11.5. The van der Waals surface area contributed by atoms with Crippen LogP contribution in [-0.2, 0) is 19.0 Å². The summed E-state index contributed by atoms with van der Waals surface area (Å²) in [5.74, 6) is -0.232. The molecule has 1 aliphatic heterocycles. The van der Waals surface area contributed by atoms with E-state index >= 15 is 0 Å². The summed E-state index contributed by atoms with van der Waals surface area (Å²) in [7, 11) is 1.41. The van der Waals surface area contributed by atoms with Gasteiger partial charge in [-0.3, -0.25) is 4.79 Å². The molecular formula is C12H23NO4. The molecule has 0 spiro atoms. The maximum Gasteiger partial charge on any atom is 0.322 e. The van der Waals surface area contributed by atoms with Gasteiger partial charge in [-0.15, -0.1) is 0 Å². The lowest BCUT2D eigenvalue weighted by molar-refractivity contribution is -0.144. The third kappa shape index (κ3) is 5.48. The molecule has 2 atom stereocenters. The highest BCUT2D eigenvalue weighted by Gasteiger charge is 2.21. The summed E-state index contributed by atoms with van der Waals surface area (Å²) in [6.07, 6.45) is 1.76. The van der Waals surface area contributed by atoms with Gasteiger partial charge in [0.15, 0.2) is 0 Å². The van der Waals surface area contributed by atoms with Crippen LogP contribution in [0, 0.1) is 0 Å². The van der Waals surface area contributed by atoms with Crippen LogP contribution < -0.4 is 5.32 Å². The summed E-state index contributed by atoms with van der Waals surface area (Å²) in [6.45, 7) is 5.99. The predicted octanol–water partition coefficient (Wildman–Crippen LogP) is 0.722. The monoisotopic (exact) mass is 245 g/mol. The molecule has 5 nitrogen and oxygen atoms in total. The van der Waals surface area contributed by atoms with E-state index in [1.165, 1.54) is 7.11 Å². The third-order valence-corrected chi connectivity index (χ3v) is 2.67. The second-order valence-corrected chi connectivity index (χ2v) is 4.54.